The molecule has 0 bridgehead atoms. The van der Waals surface area contributed by atoms with E-state index in [0.717, 1.165) is 18.4 Å². The molecule has 1 aliphatic heterocycles. The highest BCUT2D eigenvalue weighted by atomic mass is 19.1. The van der Waals surface area contributed by atoms with Gasteiger partial charge in [0, 0.05) is 6.04 Å². The Labute approximate surface area is 125 Å². The average molecular weight is 290 g/mol. The van der Waals surface area contributed by atoms with Crippen molar-refractivity contribution in [2.24, 2.45) is 5.92 Å². The number of hydrogen-bond donors (Lipinski definition) is 1. The minimum atomic E-state index is -0.249. The largest absolute Gasteiger partial charge is 0.318 e. The topological polar surface area (TPSA) is 32.3 Å². The standard InChI is InChI=1S/C17H23FN2O/c1-3-14-17(21)20(15-9-4-6-11(15)2)16(19-14)12-7-5-8-13(18)10-12/h5,7-8,10-11,14-16,19H,3-4,6,9H2,1-2H3. The van der Waals surface area contributed by atoms with Crippen LogP contribution in [0.2, 0.25) is 0 Å². The van der Waals surface area contributed by atoms with E-state index in [1.807, 2.05) is 17.9 Å². The lowest BCUT2D eigenvalue weighted by Crippen LogP contribution is -2.41. The summed E-state index contributed by atoms with van der Waals surface area (Å²) in [6.45, 7) is 4.23. The SMILES string of the molecule is CCC1NC(c2cccc(F)c2)N(C2CCCC2C)C1=O. The highest BCUT2D eigenvalue weighted by Crippen LogP contribution is 2.37. The molecule has 1 N–H and O–H groups in total. The summed E-state index contributed by atoms with van der Waals surface area (Å²) in [6, 6.07) is 6.72. The number of nitrogens with zero attached hydrogens (tertiary/aromatic N) is 1. The van der Waals surface area contributed by atoms with E-state index in [9.17, 15) is 9.18 Å². The highest BCUT2D eigenvalue weighted by molar-refractivity contribution is 5.85. The quantitative estimate of drug-likeness (QED) is 0.927. The molecule has 3 rings (SSSR count). The zero-order valence-corrected chi connectivity index (χ0v) is 12.7. The monoisotopic (exact) mass is 290 g/mol. The lowest BCUT2D eigenvalue weighted by atomic mass is 10.0. The first-order chi connectivity index (χ1) is 10.1. The van der Waals surface area contributed by atoms with Gasteiger partial charge in [0.05, 0.1) is 6.04 Å². The van der Waals surface area contributed by atoms with Crippen LogP contribution in [0.4, 0.5) is 4.39 Å². The molecule has 2 aliphatic rings. The number of halogens is 1. The molecule has 114 valence electrons. The van der Waals surface area contributed by atoms with E-state index in [2.05, 4.69) is 12.2 Å². The van der Waals surface area contributed by atoms with Crippen molar-refractivity contribution in [3.05, 3.63) is 35.6 Å². The van der Waals surface area contributed by atoms with Crippen molar-refractivity contribution in [2.45, 2.75) is 57.8 Å². The lowest BCUT2D eigenvalue weighted by Gasteiger charge is -2.33. The minimum Gasteiger partial charge on any atom is -0.318 e. The van der Waals surface area contributed by atoms with Gasteiger partial charge in [0.25, 0.3) is 0 Å². The average Bonchev–Trinajstić information content (AvgIpc) is 3.02. The predicted octanol–water partition coefficient (Wildman–Crippen LogP) is 3.22. The normalized spacial score (nSPS) is 32.9. The Morgan fingerprint density at radius 1 is 1.38 bits per heavy atom. The van der Waals surface area contributed by atoms with Crippen molar-refractivity contribution >= 4 is 5.91 Å². The molecule has 21 heavy (non-hydrogen) atoms. The molecule has 0 aromatic heterocycles. The van der Waals surface area contributed by atoms with Gasteiger partial charge in [-0.3, -0.25) is 10.1 Å². The van der Waals surface area contributed by atoms with E-state index >= 15 is 0 Å². The first-order valence-corrected chi connectivity index (χ1v) is 7.95. The Hall–Kier alpha value is -1.42. The Morgan fingerprint density at radius 2 is 2.19 bits per heavy atom. The van der Waals surface area contributed by atoms with Gasteiger partial charge < -0.3 is 4.90 Å². The van der Waals surface area contributed by atoms with Gasteiger partial charge in [0.2, 0.25) is 5.91 Å². The molecular formula is C17H23FN2O. The van der Waals surface area contributed by atoms with E-state index in [1.54, 1.807) is 6.07 Å². The number of amides is 1. The number of carbonyl (C=O) groups is 1. The second kappa shape index (κ2) is 5.76. The van der Waals surface area contributed by atoms with Crippen LogP contribution in [0, 0.1) is 11.7 Å². The fourth-order valence-electron chi connectivity index (χ4n) is 3.77. The minimum absolute atomic E-state index is 0.147. The number of benzene rings is 1. The summed E-state index contributed by atoms with van der Waals surface area (Å²) < 4.78 is 13.5. The molecule has 2 fully saturated rings. The van der Waals surface area contributed by atoms with Crippen LogP contribution >= 0.6 is 0 Å². The Balaban J connectivity index is 1.94. The number of nitrogens with one attached hydrogen (secondary N) is 1. The lowest BCUT2D eigenvalue weighted by molar-refractivity contribution is -0.133. The fraction of sp³-hybridized carbons (Fsp3) is 0.588. The summed E-state index contributed by atoms with van der Waals surface area (Å²) in [6.07, 6.45) is 3.96. The molecule has 4 unspecified atom stereocenters. The van der Waals surface area contributed by atoms with Crippen LogP contribution in [0.5, 0.6) is 0 Å². The molecule has 4 atom stereocenters. The van der Waals surface area contributed by atoms with Crippen molar-refractivity contribution < 1.29 is 9.18 Å². The Kier molecular flexibility index (Phi) is 3.98. The maximum Gasteiger partial charge on any atom is 0.241 e. The van der Waals surface area contributed by atoms with Crippen LogP contribution in [0.1, 0.15) is 51.3 Å². The molecule has 1 aromatic carbocycles. The van der Waals surface area contributed by atoms with Gasteiger partial charge in [-0.2, -0.15) is 0 Å². The first kappa shape index (κ1) is 14.5. The van der Waals surface area contributed by atoms with E-state index < -0.39 is 0 Å². The first-order valence-electron chi connectivity index (χ1n) is 7.95. The summed E-state index contributed by atoms with van der Waals surface area (Å²) in [5.41, 5.74) is 0.846. The van der Waals surface area contributed by atoms with Gasteiger partial charge in [0.15, 0.2) is 0 Å². The van der Waals surface area contributed by atoms with Crippen molar-refractivity contribution in [3.63, 3.8) is 0 Å². The van der Waals surface area contributed by atoms with Gasteiger partial charge in [-0.15, -0.1) is 0 Å². The zero-order valence-electron chi connectivity index (χ0n) is 12.7. The molecule has 1 saturated heterocycles. The molecule has 1 aromatic rings. The van der Waals surface area contributed by atoms with Crippen LogP contribution in [0.15, 0.2) is 24.3 Å². The van der Waals surface area contributed by atoms with E-state index in [4.69, 9.17) is 0 Å². The predicted molar refractivity (Wildman–Crippen MR) is 80.0 cm³/mol. The molecule has 0 radical (unpaired) electrons. The van der Waals surface area contributed by atoms with Gasteiger partial charge >= 0.3 is 0 Å². The third-order valence-corrected chi connectivity index (χ3v) is 4.94. The van der Waals surface area contributed by atoms with Crippen molar-refractivity contribution in [1.29, 1.82) is 0 Å². The number of rotatable bonds is 3. The van der Waals surface area contributed by atoms with E-state index in [-0.39, 0.29) is 30.0 Å². The zero-order chi connectivity index (χ0) is 15.0. The number of carbonyl (C=O) groups excluding carboxylic acids is 1. The number of hydrogen-bond acceptors (Lipinski definition) is 2. The summed E-state index contributed by atoms with van der Waals surface area (Å²) in [4.78, 5) is 14.7. The van der Waals surface area contributed by atoms with Crippen molar-refractivity contribution in [3.8, 4) is 0 Å². The summed E-state index contributed by atoms with van der Waals surface area (Å²) in [7, 11) is 0. The van der Waals surface area contributed by atoms with Gasteiger partial charge in [-0.1, -0.05) is 32.4 Å². The second-order valence-electron chi connectivity index (χ2n) is 6.31. The maximum atomic E-state index is 13.5. The third-order valence-electron chi connectivity index (χ3n) is 4.94. The van der Waals surface area contributed by atoms with Crippen molar-refractivity contribution in [1.82, 2.24) is 10.2 Å². The van der Waals surface area contributed by atoms with Crippen LogP contribution in [0.25, 0.3) is 0 Å². The van der Waals surface area contributed by atoms with Gasteiger partial charge in [-0.25, -0.2) is 4.39 Å². The van der Waals surface area contributed by atoms with E-state index in [0.29, 0.717) is 5.92 Å². The molecule has 1 saturated carbocycles. The van der Waals surface area contributed by atoms with Gasteiger partial charge in [-0.05, 0) is 42.9 Å². The molecule has 1 aliphatic carbocycles. The maximum absolute atomic E-state index is 13.5. The highest BCUT2D eigenvalue weighted by Gasteiger charge is 2.44. The Bertz CT molecular complexity index is 533. The molecule has 1 amide bonds. The van der Waals surface area contributed by atoms with E-state index in [1.165, 1.54) is 25.0 Å². The molecule has 0 spiro atoms. The van der Waals surface area contributed by atoms with Crippen LogP contribution in [-0.4, -0.2) is 22.9 Å². The van der Waals surface area contributed by atoms with Crippen LogP contribution in [-0.2, 0) is 4.79 Å². The second-order valence-corrected chi connectivity index (χ2v) is 6.31. The van der Waals surface area contributed by atoms with Gasteiger partial charge in [0.1, 0.15) is 12.0 Å². The summed E-state index contributed by atoms with van der Waals surface area (Å²) >= 11 is 0. The molecule has 3 nitrogen and oxygen atoms in total. The van der Waals surface area contributed by atoms with Crippen LogP contribution in [0.3, 0.4) is 0 Å². The third kappa shape index (κ3) is 2.57. The van der Waals surface area contributed by atoms with Crippen LogP contribution < -0.4 is 5.32 Å². The van der Waals surface area contributed by atoms with Crippen molar-refractivity contribution in [2.75, 3.05) is 0 Å². The molecule has 1 heterocycles. The summed E-state index contributed by atoms with van der Waals surface area (Å²) in [5.74, 6) is 0.439. The summed E-state index contributed by atoms with van der Waals surface area (Å²) in [5, 5.41) is 3.39. The molecule has 4 heteroatoms. The Morgan fingerprint density at radius 3 is 2.81 bits per heavy atom. The smallest absolute Gasteiger partial charge is 0.241 e. The molecular weight excluding hydrogens is 267 g/mol. The fourth-order valence-corrected chi connectivity index (χ4v) is 3.77.